The third kappa shape index (κ3) is 2.55. The number of H-pyrrole nitrogens is 1. The van der Waals surface area contributed by atoms with Gasteiger partial charge in [-0.15, -0.1) is 0 Å². The quantitative estimate of drug-likeness (QED) is 0.703. The normalized spacial score (nSPS) is 13.4. The zero-order valence-electron chi connectivity index (χ0n) is 13.9. The van der Waals surface area contributed by atoms with Gasteiger partial charge in [-0.2, -0.15) is 0 Å². The van der Waals surface area contributed by atoms with Crippen molar-refractivity contribution in [1.82, 2.24) is 19.5 Å². The number of halogens is 1. The maximum absolute atomic E-state index is 5.86. The van der Waals surface area contributed by atoms with Crippen molar-refractivity contribution in [3.63, 3.8) is 0 Å². The SMILES string of the molecule is Cc1[nH]c(-c2cn3c(n2)-c2ccc(Br)cc2OCC3)nc1C(C)C. The van der Waals surface area contributed by atoms with Crippen LogP contribution in [0.15, 0.2) is 28.9 Å². The largest absolute Gasteiger partial charge is 0.491 e. The van der Waals surface area contributed by atoms with Crippen LogP contribution in [0.4, 0.5) is 0 Å². The maximum atomic E-state index is 5.86. The molecule has 6 heteroatoms. The number of fused-ring (bicyclic) bond motifs is 3. The van der Waals surface area contributed by atoms with E-state index in [-0.39, 0.29) is 0 Å². The first-order chi connectivity index (χ1) is 11.5. The van der Waals surface area contributed by atoms with Crippen LogP contribution < -0.4 is 4.74 Å². The summed E-state index contributed by atoms with van der Waals surface area (Å²) in [5.74, 6) is 3.00. The van der Waals surface area contributed by atoms with E-state index in [2.05, 4.69) is 52.4 Å². The molecular weight excluding hydrogens is 368 g/mol. The molecule has 124 valence electrons. The summed E-state index contributed by atoms with van der Waals surface area (Å²) < 4.78 is 9.00. The van der Waals surface area contributed by atoms with E-state index in [9.17, 15) is 0 Å². The second-order valence-electron chi connectivity index (χ2n) is 6.38. The van der Waals surface area contributed by atoms with Crippen molar-refractivity contribution in [2.75, 3.05) is 6.61 Å². The Morgan fingerprint density at radius 1 is 1.29 bits per heavy atom. The van der Waals surface area contributed by atoms with Crippen LogP contribution in [-0.4, -0.2) is 26.1 Å². The Bertz CT molecular complexity index is 910. The van der Waals surface area contributed by atoms with E-state index in [0.717, 1.165) is 51.1 Å². The molecule has 1 aliphatic rings. The van der Waals surface area contributed by atoms with Crippen molar-refractivity contribution in [3.8, 4) is 28.7 Å². The first kappa shape index (κ1) is 15.4. The molecule has 1 aromatic carbocycles. The van der Waals surface area contributed by atoms with Crippen LogP contribution in [0.25, 0.3) is 22.9 Å². The first-order valence-corrected chi connectivity index (χ1v) is 8.89. The molecule has 0 radical (unpaired) electrons. The minimum Gasteiger partial charge on any atom is -0.491 e. The number of nitrogens with zero attached hydrogens (tertiary/aromatic N) is 3. The van der Waals surface area contributed by atoms with Gasteiger partial charge in [-0.05, 0) is 31.0 Å². The van der Waals surface area contributed by atoms with E-state index in [1.807, 2.05) is 18.2 Å². The Morgan fingerprint density at radius 3 is 2.88 bits per heavy atom. The minimum atomic E-state index is 0.391. The van der Waals surface area contributed by atoms with Gasteiger partial charge in [0.1, 0.15) is 23.9 Å². The van der Waals surface area contributed by atoms with Crippen LogP contribution in [0.1, 0.15) is 31.2 Å². The lowest BCUT2D eigenvalue weighted by atomic mass is 10.1. The molecule has 0 aliphatic carbocycles. The summed E-state index contributed by atoms with van der Waals surface area (Å²) in [7, 11) is 0. The Morgan fingerprint density at radius 2 is 2.12 bits per heavy atom. The Hall–Kier alpha value is -2.08. The van der Waals surface area contributed by atoms with Crippen LogP contribution in [0.3, 0.4) is 0 Å². The average molecular weight is 387 g/mol. The molecule has 0 atom stereocenters. The molecule has 0 spiro atoms. The summed E-state index contributed by atoms with van der Waals surface area (Å²) in [5, 5.41) is 0. The first-order valence-electron chi connectivity index (χ1n) is 8.09. The molecule has 24 heavy (non-hydrogen) atoms. The summed E-state index contributed by atoms with van der Waals surface area (Å²) in [4.78, 5) is 13.0. The predicted molar refractivity (Wildman–Crippen MR) is 97.3 cm³/mol. The summed E-state index contributed by atoms with van der Waals surface area (Å²) in [5.41, 5.74) is 4.08. The van der Waals surface area contributed by atoms with E-state index in [0.29, 0.717) is 12.5 Å². The van der Waals surface area contributed by atoms with Crippen LogP contribution in [0.5, 0.6) is 5.75 Å². The number of hydrogen-bond donors (Lipinski definition) is 1. The van der Waals surface area contributed by atoms with Crippen molar-refractivity contribution < 1.29 is 4.74 Å². The molecule has 5 nitrogen and oxygen atoms in total. The monoisotopic (exact) mass is 386 g/mol. The van der Waals surface area contributed by atoms with Gasteiger partial charge in [0.15, 0.2) is 5.82 Å². The lowest BCUT2D eigenvalue weighted by molar-refractivity contribution is 0.306. The van der Waals surface area contributed by atoms with E-state index in [4.69, 9.17) is 14.7 Å². The Kier molecular flexibility index (Phi) is 3.72. The lowest BCUT2D eigenvalue weighted by Crippen LogP contribution is -2.04. The molecule has 0 unspecified atom stereocenters. The number of nitrogens with one attached hydrogen (secondary N) is 1. The second kappa shape index (κ2) is 5.77. The lowest BCUT2D eigenvalue weighted by Gasteiger charge is -2.06. The number of ether oxygens (including phenoxy) is 1. The Labute approximate surface area is 149 Å². The average Bonchev–Trinajstić information content (AvgIpc) is 3.08. The molecule has 0 saturated carbocycles. The van der Waals surface area contributed by atoms with Gasteiger partial charge in [0, 0.05) is 16.4 Å². The standard InChI is InChI=1S/C18H19BrN4O/c1-10(2)16-11(3)20-17(22-16)14-9-23-6-7-24-15-8-12(19)4-5-13(15)18(23)21-14/h4-5,8-10H,6-7H2,1-3H3,(H,20,22). The molecule has 3 aromatic rings. The van der Waals surface area contributed by atoms with Gasteiger partial charge in [0.05, 0.1) is 17.8 Å². The van der Waals surface area contributed by atoms with Crippen LogP contribution in [0.2, 0.25) is 0 Å². The summed E-state index contributed by atoms with van der Waals surface area (Å²) in [6, 6.07) is 6.05. The number of imidazole rings is 2. The number of aromatic nitrogens is 4. The maximum Gasteiger partial charge on any atom is 0.158 e. The van der Waals surface area contributed by atoms with Crippen molar-refractivity contribution in [2.45, 2.75) is 33.2 Å². The zero-order valence-corrected chi connectivity index (χ0v) is 15.5. The number of aryl methyl sites for hydroxylation is 1. The fourth-order valence-electron chi connectivity index (χ4n) is 3.13. The van der Waals surface area contributed by atoms with Gasteiger partial charge in [0.2, 0.25) is 0 Å². The fourth-order valence-corrected chi connectivity index (χ4v) is 3.47. The third-order valence-electron chi connectivity index (χ3n) is 4.26. The molecule has 0 saturated heterocycles. The van der Waals surface area contributed by atoms with Crippen LogP contribution in [0, 0.1) is 6.92 Å². The fraction of sp³-hybridized carbons (Fsp3) is 0.333. The van der Waals surface area contributed by atoms with Gasteiger partial charge in [0.25, 0.3) is 0 Å². The van der Waals surface area contributed by atoms with Crippen molar-refractivity contribution in [2.24, 2.45) is 0 Å². The van der Waals surface area contributed by atoms with Crippen molar-refractivity contribution >= 4 is 15.9 Å². The van der Waals surface area contributed by atoms with Crippen molar-refractivity contribution in [3.05, 3.63) is 40.3 Å². The second-order valence-corrected chi connectivity index (χ2v) is 7.30. The highest BCUT2D eigenvalue weighted by Gasteiger charge is 2.21. The van der Waals surface area contributed by atoms with Gasteiger partial charge in [-0.1, -0.05) is 29.8 Å². The number of aromatic amines is 1. The van der Waals surface area contributed by atoms with E-state index < -0.39 is 0 Å². The molecule has 0 fully saturated rings. The third-order valence-corrected chi connectivity index (χ3v) is 4.76. The highest BCUT2D eigenvalue weighted by Crippen LogP contribution is 2.35. The van der Waals surface area contributed by atoms with Gasteiger partial charge < -0.3 is 14.3 Å². The van der Waals surface area contributed by atoms with Gasteiger partial charge in [-0.25, -0.2) is 9.97 Å². The van der Waals surface area contributed by atoms with E-state index in [1.54, 1.807) is 0 Å². The molecular formula is C18H19BrN4O. The Balaban J connectivity index is 1.82. The number of benzene rings is 1. The zero-order chi connectivity index (χ0) is 16.8. The molecule has 1 aliphatic heterocycles. The van der Waals surface area contributed by atoms with E-state index >= 15 is 0 Å². The molecule has 1 N–H and O–H groups in total. The topological polar surface area (TPSA) is 55.7 Å². The summed E-state index contributed by atoms with van der Waals surface area (Å²) >= 11 is 3.50. The number of rotatable bonds is 2. The molecule has 3 heterocycles. The highest BCUT2D eigenvalue weighted by atomic mass is 79.9. The van der Waals surface area contributed by atoms with Crippen molar-refractivity contribution in [1.29, 1.82) is 0 Å². The van der Waals surface area contributed by atoms with Gasteiger partial charge in [-0.3, -0.25) is 0 Å². The molecule has 2 aromatic heterocycles. The van der Waals surface area contributed by atoms with Gasteiger partial charge >= 0.3 is 0 Å². The summed E-state index contributed by atoms with van der Waals surface area (Å²) in [6.45, 7) is 7.76. The van der Waals surface area contributed by atoms with Crippen LogP contribution in [-0.2, 0) is 6.54 Å². The molecule has 4 rings (SSSR count). The molecule has 0 amide bonds. The minimum absolute atomic E-state index is 0.391. The van der Waals surface area contributed by atoms with Crippen LogP contribution >= 0.6 is 15.9 Å². The molecule has 0 bridgehead atoms. The summed E-state index contributed by atoms with van der Waals surface area (Å²) in [6.07, 6.45) is 2.05. The number of hydrogen-bond acceptors (Lipinski definition) is 3. The predicted octanol–water partition coefficient (Wildman–Crippen LogP) is 4.53. The van der Waals surface area contributed by atoms with E-state index in [1.165, 1.54) is 0 Å². The smallest absolute Gasteiger partial charge is 0.158 e. The highest BCUT2D eigenvalue weighted by molar-refractivity contribution is 9.10.